The van der Waals surface area contributed by atoms with Crippen LogP contribution in [-0.4, -0.2) is 34.1 Å². The maximum atomic E-state index is 13.2. The number of hydrogen-bond acceptors (Lipinski definition) is 2. The van der Waals surface area contributed by atoms with Crippen molar-refractivity contribution >= 4 is 23.3 Å². The molecule has 1 unspecified atom stereocenters. The Morgan fingerprint density at radius 3 is 3.05 bits per heavy atom. The number of fused-ring (bicyclic) bond motifs is 1. The molecule has 1 fully saturated rings. The molecule has 2 aromatic rings. The first kappa shape index (κ1) is 12.8. The van der Waals surface area contributed by atoms with Crippen LogP contribution in [0.1, 0.15) is 13.3 Å². The lowest BCUT2D eigenvalue weighted by atomic mass is 10.1. The van der Waals surface area contributed by atoms with Gasteiger partial charge in [-0.15, -0.1) is 0 Å². The van der Waals surface area contributed by atoms with Crippen molar-refractivity contribution in [2.24, 2.45) is 5.92 Å². The average molecular weight is 279 g/mol. The van der Waals surface area contributed by atoms with Crippen molar-refractivity contribution in [3.63, 3.8) is 0 Å². The van der Waals surface area contributed by atoms with Gasteiger partial charge in [0, 0.05) is 13.1 Å². The summed E-state index contributed by atoms with van der Waals surface area (Å²) in [6, 6.07) is 4.81. The van der Waals surface area contributed by atoms with Gasteiger partial charge in [0.25, 0.3) is 0 Å². The summed E-state index contributed by atoms with van der Waals surface area (Å²) in [6.07, 6.45) is 1.21. The largest absolute Gasteiger partial charge is 0.330 e. The summed E-state index contributed by atoms with van der Waals surface area (Å²) >= 11 is 5.36. The fourth-order valence-corrected chi connectivity index (χ4v) is 3.21. The number of hydrogen-bond donors (Lipinski definition) is 1. The van der Waals surface area contributed by atoms with E-state index in [9.17, 15) is 4.39 Å². The van der Waals surface area contributed by atoms with Crippen LogP contribution in [0.4, 0.5) is 4.39 Å². The predicted octanol–water partition coefficient (Wildman–Crippen LogP) is 3.18. The second kappa shape index (κ2) is 5.06. The number of rotatable bonds is 3. The molecule has 3 rings (SSSR count). The van der Waals surface area contributed by atoms with E-state index in [0.717, 1.165) is 30.7 Å². The highest BCUT2D eigenvalue weighted by molar-refractivity contribution is 7.71. The van der Waals surface area contributed by atoms with E-state index in [1.807, 2.05) is 6.07 Å². The van der Waals surface area contributed by atoms with Crippen molar-refractivity contribution in [1.29, 1.82) is 0 Å². The molecule has 3 nitrogen and oxygen atoms in total. The molecule has 102 valence electrons. The Balaban J connectivity index is 1.89. The SMILES string of the molecule is CCN1CCC(Cn2c(=S)[nH]c3cc(F)ccc32)C1. The van der Waals surface area contributed by atoms with E-state index in [1.165, 1.54) is 25.1 Å². The molecule has 2 heterocycles. The highest BCUT2D eigenvalue weighted by atomic mass is 32.1. The normalized spacial score (nSPS) is 20.4. The van der Waals surface area contributed by atoms with Gasteiger partial charge in [0.05, 0.1) is 11.0 Å². The van der Waals surface area contributed by atoms with Gasteiger partial charge in [0.15, 0.2) is 4.77 Å². The molecular weight excluding hydrogens is 261 g/mol. The summed E-state index contributed by atoms with van der Waals surface area (Å²) in [5, 5.41) is 0. The molecule has 0 amide bonds. The molecule has 1 atom stereocenters. The predicted molar refractivity (Wildman–Crippen MR) is 77.3 cm³/mol. The van der Waals surface area contributed by atoms with Crippen LogP contribution in [0.25, 0.3) is 11.0 Å². The van der Waals surface area contributed by atoms with Gasteiger partial charge in [0.2, 0.25) is 0 Å². The zero-order valence-electron chi connectivity index (χ0n) is 11.0. The van der Waals surface area contributed by atoms with E-state index in [1.54, 1.807) is 0 Å². The molecule has 1 N–H and O–H groups in total. The van der Waals surface area contributed by atoms with Crippen LogP contribution >= 0.6 is 12.2 Å². The van der Waals surface area contributed by atoms with Gasteiger partial charge >= 0.3 is 0 Å². The third kappa shape index (κ3) is 2.44. The quantitative estimate of drug-likeness (QED) is 0.873. The molecule has 19 heavy (non-hydrogen) atoms. The summed E-state index contributed by atoms with van der Waals surface area (Å²) in [6.45, 7) is 6.53. The lowest BCUT2D eigenvalue weighted by Gasteiger charge is -2.14. The standard InChI is InChI=1S/C14H18FN3S/c1-2-17-6-5-10(8-17)9-18-13-4-3-11(15)7-12(13)16-14(18)19/h3-4,7,10H,2,5-6,8-9H2,1H3,(H,16,19). The smallest absolute Gasteiger partial charge is 0.178 e. The molecule has 1 aliphatic rings. The van der Waals surface area contributed by atoms with Gasteiger partial charge in [-0.25, -0.2) is 4.39 Å². The number of aromatic nitrogens is 2. The van der Waals surface area contributed by atoms with Gasteiger partial charge in [-0.1, -0.05) is 6.92 Å². The summed E-state index contributed by atoms with van der Waals surface area (Å²) in [4.78, 5) is 5.55. The summed E-state index contributed by atoms with van der Waals surface area (Å²) in [5.74, 6) is 0.407. The number of H-pyrrole nitrogens is 1. The number of imidazole rings is 1. The molecule has 0 spiro atoms. The first-order chi connectivity index (χ1) is 9.17. The molecule has 1 aromatic carbocycles. The van der Waals surface area contributed by atoms with Crippen molar-refractivity contribution < 1.29 is 4.39 Å². The van der Waals surface area contributed by atoms with Gasteiger partial charge in [-0.3, -0.25) is 0 Å². The number of nitrogens with one attached hydrogen (secondary N) is 1. The Morgan fingerprint density at radius 1 is 1.47 bits per heavy atom. The minimum atomic E-state index is -0.228. The van der Waals surface area contributed by atoms with Gasteiger partial charge < -0.3 is 14.5 Å². The van der Waals surface area contributed by atoms with Crippen molar-refractivity contribution in [1.82, 2.24) is 14.5 Å². The Morgan fingerprint density at radius 2 is 2.32 bits per heavy atom. The van der Waals surface area contributed by atoms with Crippen LogP contribution < -0.4 is 0 Å². The number of likely N-dealkylation sites (tertiary alicyclic amines) is 1. The summed E-state index contributed by atoms with van der Waals surface area (Å²) < 4.78 is 16.0. The molecular formula is C14H18FN3S. The fraction of sp³-hybridized carbons (Fsp3) is 0.500. The number of nitrogens with zero attached hydrogens (tertiary/aromatic N) is 2. The van der Waals surface area contributed by atoms with E-state index in [2.05, 4.69) is 21.4 Å². The van der Waals surface area contributed by atoms with Crippen molar-refractivity contribution in [2.45, 2.75) is 19.9 Å². The van der Waals surface area contributed by atoms with Crippen LogP contribution in [0.15, 0.2) is 18.2 Å². The minimum Gasteiger partial charge on any atom is -0.330 e. The van der Waals surface area contributed by atoms with E-state index < -0.39 is 0 Å². The second-order valence-electron chi connectivity index (χ2n) is 5.25. The highest BCUT2D eigenvalue weighted by Gasteiger charge is 2.22. The van der Waals surface area contributed by atoms with Crippen LogP contribution in [0.3, 0.4) is 0 Å². The zero-order valence-corrected chi connectivity index (χ0v) is 11.8. The minimum absolute atomic E-state index is 0.228. The Hall–Kier alpha value is -1.20. The van der Waals surface area contributed by atoms with Crippen molar-refractivity contribution in [3.8, 4) is 0 Å². The Kier molecular flexibility index (Phi) is 3.41. The van der Waals surface area contributed by atoms with E-state index in [4.69, 9.17) is 12.2 Å². The molecule has 1 aromatic heterocycles. The molecule has 0 bridgehead atoms. The van der Waals surface area contributed by atoms with Gasteiger partial charge in [-0.2, -0.15) is 0 Å². The topological polar surface area (TPSA) is 24.0 Å². The number of benzene rings is 1. The Labute approximate surface area is 117 Å². The number of aromatic amines is 1. The third-order valence-corrected chi connectivity index (χ3v) is 4.32. The summed E-state index contributed by atoms with van der Waals surface area (Å²) in [7, 11) is 0. The molecule has 0 radical (unpaired) electrons. The fourth-order valence-electron chi connectivity index (χ4n) is 2.92. The highest BCUT2D eigenvalue weighted by Crippen LogP contribution is 2.22. The Bertz CT molecular complexity index is 646. The van der Waals surface area contributed by atoms with Gasteiger partial charge in [-0.05, 0) is 55.8 Å². The van der Waals surface area contributed by atoms with Crippen molar-refractivity contribution in [3.05, 3.63) is 28.8 Å². The molecule has 0 aliphatic carbocycles. The van der Waals surface area contributed by atoms with Crippen LogP contribution in [0.5, 0.6) is 0 Å². The molecule has 5 heteroatoms. The summed E-state index contributed by atoms with van der Waals surface area (Å²) in [5.41, 5.74) is 1.79. The van der Waals surface area contributed by atoms with E-state index in [0.29, 0.717) is 10.7 Å². The van der Waals surface area contributed by atoms with Gasteiger partial charge in [0.1, 0.15) is 5.82 Å². The first-order valence-corrected chi connectivity index (χ1v) is 7.18. The first-order valence-electron chi connectivity index (χ1n) is 6.78. The maximum Gasteiger partial charge on any atom is 0.178 e. The molecule has 1 saturated heterocycles. The van der Waals surface area contributed by atoms with Crippen LogP contribution in [0, 0.1) is 16.5 Å². The lowest BCUT2D eigenvalue weighted by molar-refractivity contribution is 0.333. The van der Waals surface area contributed by atoms with Crippen LogP contribution in [0.2, 0.25) is 0 Å². The number of halogens is 1. The van der Waals surface area contributed by atoms with Crippen molar-refractivity contribution in [2.75, 3.05) is 19.6 Å². The monoisotopic (exact) mass is 279 g/mol. The zero-order chi connectivity index (χ0) is 13.4. The lowest BCUT2D eigenvalue weighted by Crippen LogP contribution is -2.21. The average Bonchev–Trinajstić information content (AvgIpc) is 2.95. The maximum absolute atomic E-state index is 13.2. The third-order valence-electron chi connectivity index (χ3n) is 3.99. The van der Waals surface area contributed by atoms with E-state index >= 15 is 0 Å². The second-order valence-corrected chi connectivity index (χ2v) is 5.64. The molecule has 1 aliphatic heterocycles. The molecule has 0 saturated carbocycles. The van der Waals surface area contributed by atoms with E-state index in [-0.39, 0.29) is 5.82 Å². The van der Waals surface area contributed by atoms with Crippen LogP contribution in [-0.2, 0) is 6.54 Å².